The van der Waals surface area contributed by atoms with E-state index >= 15 is 0 Å². The van der Waals surface area contributed by atoms with Gasteiger partial charge < -0.3 is 5.11 Å². The highest BCUT2D eigenvalue weighted by molar-refractivity contribution is 6.31. The number of carboxylic acids is 1. The predicted octanol–water partition coefficient (Wildman–Crippen LogP) is 2.39. The number of benzene rings is 1. The molecule has 0 radical (unpaired) electrons. The quantitative estimate of drug-likeness (QED) is 0.940. The number of carboxylic acid groups (broad SMARTS) is 1. The third kappa shape index (κ3) is 2.82. The number of hydrogen-bond donors (Lipinski definition) is 1. The van der Waals surface area contributed by atoms with E-state index < -0.39 is 17.3 Å². The molecule has 0 amide bonds. The Hall–Kier alpha value is -2.14. The lowest BCUT2D eigenvalue weighted by Crippen LogP contribution is -2.25. The van der Waals surface area contributed by atoms with Crippen LogP contribution in [0.15, 0.2) is 41.2 Å². The molecule has 0 aliphatic carbocycles. The summed E-state index contributed by atoms with van der Waals surface area (Å²) in [4.78, 5) is 22.8. The van der Waals surface area contributed by atoms with Gasteiger partial charge in [0, 0.05) is 11.1 Å². The van der Waals surface area contributed by atoms with E-state index in [1.165, 1.54) is 30.3 Å². The average molecular weight is 282 g/mol. The average Bonchev–Trinajstić information content (AvgIpc) is 2.34. The van der Waals surface area contributed by atoms with Crippen LogP contribution in [0.4, 0.5) is 4.39 Å². The zero-order valence-corrected chi connectivity index (χ0v) is 10.4. The molecular formula is C13H9ClFNO3. The molecule has 0 bridgehead atoms. The molecule has 2 aromatic rings. The van der Waals surface area contributed by atoms with Crippen LogP contribution in [-0.4, -0.2) is 15.6 Å². The van der Waals surface area contributed by atoms with Crippen LogP contribution in [0.3, 0.4) is 0 Å². The highest BCUT2D eigenvalue weighted by atomic mass is 35.5. The Morgan fingerprint density at radius 2 is 2.05 bits per heavy atom. The Morgan fingerprint density at radius 1 is 1.32 bits per heavy atom. The third-order valence-electron chi connectivity index (χ3n) is 2.61. The van der Waals surface area contributed by atoms with Crippen LogP contribution >= 0.6 is 11.6 Å². The number of carbonyl (C=O) groups is 1. The number of hydrogen-bond acceptors (Lipinski definition) is 2. The van der Waals surface area contributed by atoms with Crippen LogP contribution in [0.1, 0.15) is 16.1 Å². The number of halogens is 2. The molecule has 98 valence electrons. The SMILES string of the molecule is O=C(O)c1cccc(=O)n1Cc1ccc(F)cc1Cl. The second kappa shape index (κ2) is 5.24. The topological polar surface area (TPSA) is 59.3 Å². The molecule has 1 aromatic heterocycles. The molecule has 0 atom stereocenters. The molecule has 1 heterocycles. The number of pyridine rings is 1. The van der Waals surface area contributed by atoms with Crippen molar-refractivity contribution in [2.75, 3.05) is 0 Å². The zero-order chi connectivity index (χ0) is 14.0. The lowest BCUT2D eigenvalue weighted by molar-refractivity contribution is 0.0684. The smallest absolute Gasteiger partial charge is 0.352 e. The minimum atomic E-state index is -1.21. The van der Waals surface area contributed by atoms with Crippen LogP contribution in [0.25, 0.3) is 0 Å². The molecular weight excluding hydrogens is 273 g/mol. The van der Waals surface area contributed by atoms with E-state index in [0.29, 0.717) is 5.56 Å². The first kappa shape index (κ1) is 13.3. The molecule has 19 heavy (non-hydrogen) atoms. The monoisotopic (exact) mass is 281 g/mol. The Bertz CT molecular complexity index is 697. The Kier molecular flexibility index (Phi) is 3.66. The van der Waals surface area contributed by atoms with Crippen molar-refractivity contribution in [3.05, 3.63) is 68.8 Å². The maximum absolute atomic E-state index is 12.9. The molecule has 1 aromatic carbocycles. The minimum Gasteiger partial charge on any atom is -0.477 e. The van der Waals surface area contributed by atoms with Gasteiger partial charge in [0.1, 0.15) is 11.5 Å². The van der Waals surface area contributed by atoms with Crippen molar-refractivity contribution in [1.29, 1.82) is 0 Å². The highest BCUT2D eigenvalue weighted by Crippen LogP contribution is 2.18. The maximum Gasteiger partial charge on any atom is 0.352 e. The van der Waals surface area contributed by atoms with Gasteiger partial charge in [0.2, 0.25) is 0 Å². The molecule has 4 nitrogen and oxygen atoms in total. The number of nitrogens with zero attached hydrogens (tertiary/aromatic N) is 1. The molecule has 0 saturated carbocycles. The molecule has 2 rings (SSSR count). The molecule has 0 saturated heterocycles. The normalized spacial score (nSPS) is 10.4. The Morgan fingerprint density at radius 3 is 2.68 bits per heavy atom. The van der Waals surface area contributed by atoms with Crippen molar-refractivity contribution in [2.24, 2.45) is 0 Å². The summed E-state index contributed by atoms with van der Waals surface area (Å²) in [6, 6.07) is 7.68. The zero-order valence-electron chi connectivity index (χ0n) is 9.64. The molecule has 0 aliphatic heterocycles. The van der Waals surface area contributed by atoms with E-state index in [1.54, 1.807) is 0 Å². The molecule has 0 aliphatic rings. The molecule has 1 N–H and O–H groups in total. The summed E-state index contributed by atoms with van der Waals surface area (Å²) < 4.78 is 14.0. The van der Waals surface area contributed by atoms with Gasteiger partial charge in [0.25, 0.3) is 5.56 Å². The van der Waals surface area contributed by atoms with E-state index in [9.17, 15) is 14.0 Å². The molecule has 0 spiro atoms. The van der Waals surface area contributed by atoms with Crippen LogP contribution in [-0.2, 0) is 6.54 Å². The fraction of sp³-hybridized carbons (Fsp3) is 0.0769. The first-order valence-electron chi connectivity index (χ1n) is 5.36. The first-order chi connectivity index (χ1) is 8.99. The Balaban J connectivity index is 2.49. The van der Waals surface area contributed by atoms with Gasteiger partial charge in [-0.05, 0) is 23.8 Å². The second-order valence-corrected chi connectivity index (χ2v) is 4.28. The van der Waals surface area contributed by atoms with Gasteiger partial charge in [-0.25, -0.2) is 9.18 Å². The fourth-order valence-corrected chi connectivity index (χ4v) is 1.92. The van der Waals surface area contributed by atoms with Crippen molar-refractivity contribution >= 4 is 17.6 Å². The van der Waals surface area contributed by atoms with Gasteiger partial charge in [-0.2, -0.15) is 0 Å². The first-order valence-corrected chi connectivity index (χ1v) is 5.74. The van der Waals surface area contributed by atoms with E-state index in [-0.39, 0.29) is 17.3 Å². The van der Waals surface area contributed by atoms with E-state index in [0.717, 1.165) is 10.6 Å². The minimum absolute atomic E-state index is 0.0274. The van der Waals surface area contributed by atoms with Crippen LogP contribution in [0.5, 0.6) is 0 Å². The van der Waals surface area contributed by atoms with Gasteiger partial charge in [0.05, 0.1) is 6.54 Å². The van der Waals surface area contributed by atoms with Gasteiger partial charge >= 0.3 is 5.97 Å². The predicted molar refractivity (Wildman–Crippen MR) is 68.2 cm³/mol. The van der Waals surface area contributed by atoms with Gasteiger partial charge in [-0.3, -0.25) is 9.36 Å². The lowest BCUT2D eigenvalue weighted by atomic mass is 10.2. The number of aromatic nitrogens is 1. The van der Waals surface area contributed by atoms with Crippen molar-refractivity contribution in [3.8, 4) is 0 Å². The third-order valence-corrected chi connectivity index (χ3v) is 2.96. The summed E-state index contributed by atoms with van der Waals surface area (Å²) in [6.07, 6.45) is 0. The van der Waals surface area contributed by atoms with E-state index in [1.807, 2.05) is 0 Å². The fourth-order valence-electron chi connectivity index (χ4n) is 1.69. The van der Waals surface area contributed by atoms with E-state index in [2.05, 4.69) is 0 Å². The van der Waals surface area contributed by atoms with Crippen molar-refractivity contribution < 1.29 is 14.3 Å². The highest BCUT2D eigenvalue weighted by Gasteiger charge is 2.12. The second-order valence-electron chi connectivity index (χ2n) is 3.88. The molecule has 6 heteroatoms. The van der Waals surface area contributed by atoms with Crippen LogP contribution in [0.2, 0.25) is 5.02 Å². The summed E-state index contributed by atoms with van der Waals surface area (Å²) >= 11 is 5.86. The maximum atomic E-state index is 12.9. The summed E-state index contributed by atoms with van der Waals surface area (Å²) in [6.45, 7) is -0.0274. The standard InChI is InChI=1S/C13H9ClFNO3/c14-10-6-9(15)5-4-8(10)7-16-11(13(18)19)2-1-3-12(16)17/h1-6H,7H2,(H,18,19). The largest absolute Gasteiger partial charge is 0.477 e. The Labute approximate surface area is 112 Å². The van der Waals surface area contributed by atoms with Crippen molar-refractivity contribution in [1.82, 2.24) is 4.57 Å². The summed E-state index contributed by atoms with van der Waals surface area (Å²) in [5.74, 6) is -1.71. The summed E-state index contributed by atoms with van der Waals surface area (Å²) in [7, 11) is 0. The summed E-state index contributed by atoms with van der Waals surface area (Å²) in [5, 5.41) is 9.17. The van der Waals surface area contributed by atoms with Crippen molar-refractivity contribution in [2.45, 2.75) is 6.54 Å². The number of rotatable bonds is 3. The lowest BCUT2D eigenvalue weighted by Gasteiger charge is -2.10. The van der Waals surface area contributed by atoms with Crippen LogP contribution < -0.4 is 5.56 Å². The van der Waals surface area contributed by atoms with Crippen LogP contribution in [0, 0.1) is 5.82 Å². The molecule has 0 fully saturated rings. The summed E-state index contributed by atoms with van der Waals surface area (Å²) in [5.41, 5.74) is -0.132. The van der Waals surface area contributed by atoms with Gasteiger partial charge in [-0.15, -0.1) is 0 Å². The van der Waals surface area contributed by atoms with Crippen molar-refractivity contribution in [3.63, 3.8) is 0 Å². The van der Waals surface area contributed by atoms with Gasteiger partial charge in [0.15, 0.2) is 0 Å². The van der Waals surface area contributed by atoms with E-state index in [4.69, 9.17) is 16.7 Å². The molecule has 0 unspecified atom stereocenters. The van der Waals surface area contributed by atoms with Gasteiger partial charge in [-0.1, -0.05) is 23.7 Å². The number of aromatic carboxylic acids is 1.